The third-order valence-electron chi connectivity index (χ3n) is 6.49. The summed E-state index contributed by atoms with van der Waals surface area (Å²) >= 11 is 0. The molecular formula is C29H41N5O5Si2. The molecule has 3 heterocycles. The fourth-order valence-electron chi connectivity index (χ4n) is 4.02. The Kier molecular flexibility index (Phi) is 9.79. The van der Waals surface area contributed by atoms with Crippen molar-refractivity contribution in [2.45, 2.75) is 64.8 Å². The van der Waals surface area contributed by atoms with Gasteiger partial charge in [0.2, 0.25) is 5.88 Å². The normalized spacial score (nSPS) is 12.2. The molecule has 10 nitrogen and oxygen atoms in total. The van der Waals surface area contributed by atoms with Gasteiger partial charge in [-0.05, 0) is 36.4 Å². The number of pyridine rings is 1. The van der Waals surface area contributed by atoms with Crippen molar-refractivity contribution in [2.24, 2.45) is 0 Å². The summed E-state index contributed by atoms with van der Waals surface area (Å²) in [6.45, 7) is 15.9. The van der Waals surface area contributed by atoms with E-state index in [1.54, 1.807) is 29.2 Å². The summed E-state index contributed by atoms with van der Waals surface area (Å²) in [6, 6.07) is 13.3. The first-order valence-corrected chi connectivity index (χ1v) is 21.3. The van der Waals surface area contributed by atoms with Crippen LogP contribution in [0.4, 0.5) is 0 Å². The lowest BCUT2D eigenvalue weighted by atomic mass is 10.2. The van der Waals surface area contributed by atoms with Gasteiger partial charge in [-0.2, -0.15) is 10.2 Å². The molecule has 3 aromatic heterocycles. The molecule has 0 atom stereocenters. The number of ether oxygens (including phenoxy) is 4. The van der Waals surface area contributed by atoms with Crippen molar-refractivity contribution in [3.8, 4) is 22.9 Å². The molecular weight excluding hydrogens is 555 g/mol. The highest BCUT2D eigenvalue weighted by atomic mass is 28.3. The molecule has 220 valence electrons. The van der Waals surface area contributed by atoms with Crippen LogP contribution in [0.2, 0.25) is 51.4 Å². The van der Waals surface area contributed by atoms with E-state index in [0.717, 1.165) is 30.0 Å². The quantitative estimate of drug-likeness (QED) is 0.0925. The molecule has 0 spiro atoms. The van der Waals surface area contributed by atoms with Gasteiger partial charge in [0.05, 0.1) is 18.3 Å². The van der Waals surface area contributed by atoms with Crippen LogP contribution in [0.1, 0.15) is 10.5 Å². The predicted molar refractivity (Wildman–Crippen MR) is 165 cm³/mol. The summed E-state index contributed by atoms with van der Waals surface area (Å²) in [4.78, 5) is 16.9. The monoisotopic (exact) mass is 595 g/mol. The number of rotatable bonds is 14. The van der Waals surface area contributed by atoms with Gasteiger partial charge in [0, 0.05) is 64.8 Å². The molecule has 0 saturated heterocycles. The van der Waals surface area contributed by atoms with Crippen LogP contribution in [-0.2, 0) is 27.7 Å². The van der Waals surface area contributed by atoms with Crippen molar-refractivity contribution >= 4 is 33.0 Å². The molecule has 0 aliphatic heterocycles. The molecule has 41 heavy (non-hydrogen) atoms. The van der Waals surface area contributed by atoms with Gasteiger partial charge in [0.15, 0.2) is 5.69 Å². The van der Waals surface area contributed by atoms with Gasteiger partial charge >= 0.3 is 5.97 Å². The van der Waals surface area contributed by atoms with Gasteiger partial charge in [0.25, 0.3) is 0 Å². The number of methoxy groups -OCH3 is 1. The van der Waals surface area contributed by atoms with Crippen LogP contribution in [0.15, 0.2) is 48.8 Å². The third kappa shape index (κ3) is 8.58. The van der Waals surface area contributed by atoms with Crippen molar-refractivity contribution < 1.29 is 23.7 Å². The molecule has 4 aromatic rings. The first-order valence-electron chi connectivity index (χ1n) is 13.8. The average Bonchev–Trinajstić information content (AvgIpc) is 3.53. The zero-order valence-corrected chi connectivity index (χ0v) is 27.1. The number of fused-ring (bicyclic) bond motifs is 1. The lowest BCUT2D eigenvalue weighted by molar-refractivity contribution is 0.0585. The van der Waals surface area contributed by atoms with Crippen molar-refractivity contribution in [3.05, 3.63) is 54.5 Å². The van der Waals surface area contributed by atoms with Crippen molar-refractivity contribution in [1.82, 2.24) is 24.5 Å². The smallest absolute Gasteiger partial charge is 0.359 e. The second-order valence-electron chi connectivity index (χ2n) is 12.4. The predicted octanol–water partition coefficient (Wildman–Crippen LogP) is 6.50. The molecule has 0 saturated carbocycles. The molecule has 0 fully saturated rings. The topological polar surface area (TPSA) is 103 Å². The van der Waals surface area contributed by atoms with Crippen LogP contribution in [0, 0.1) is 0 Å². The van der Waals surface area contributed by atoms with E-state index in [1.807, 2.05) is 28.9 Å². The zero-order valence-electron chi connectivity index (χ0n) is 25.1. The Labute approximate surface area is 243 Å². The highest BCUT2D eigenvalue weighted by Gasteiger charge is 2.20. The van der Waals surface area contributed by atoms with Crippen LogP contribution in [0.3, 0.4) is 0 Å². The van der Waals surface area contributed by atoms with Gasteiger partial charge in [-0.25, -0.2) is 19.1 Å². The first kappa shape index (κ1) is 30.6. The molecule has 0 amide bonds. The van der Waals surface area contributed by atoms with Gasteiger partial charge in [-0.15, -0.1) is 0 Å². The van der Waals surface area contributed by atoms with E-state index in [9.17, 15) is 4.79 Å². The second kappa shape index (κ2) is 13.1. The SMILES string of the molecule is COC(=O)c1nn(COCC[Si](C)(C)C)c2cc(Oc3ccc(-c4ccnn4COCC[Si](C)(C)C)cn3)ccc12. The van der Waals surface area contributed by atoms with Crippen LogP contribution < -0.4 is 4.74 Å². The van der Waals surface area contributed by atoms with E-state index >= 15 is 0 Å². The van der Waals surface area contributed by atoms with E-state index < -0.39 is 22.1 Å². The zero-order chi connectivity index (χ0) is 29.6. The van der Waals surface area contributed by atoms with Crippen LogP contribution in [-0.4, -0.2) is 67.0 Å². The molecule has 0 unspecified atom stereocenters. The summed E-state index contributed by atoms with van der Waals surface area (Å²) in [6.07, 6.45) is 3.52. The fraction of sp³-hybridized carbons (Fsp3) is 0.448. The van der Waals surface area contributed by atoms with Gasteiger partial charge in [-0.3, -0.25) is 0 Å². The molecule has 0 N–H and O–H groups in total. The standard InChI is InChI=1S/C29H41N5O5Si2/c1-36-29(35)28-24-10-9-23(18-26(24)34(32-28)21-38-15-17-41(5,6)7)39-27-11-8-22(19-30-27)25-12-13-31-33(25)20-37-14-16-40(2,3)4/h8-13,18-19H,14-17,20-21H2,1-7H3. The van der Waals surface area contributed by atoms with Crippen LogP contribution >= 0.6 is 0 Å². The minimum absolute atomic E-state index is 0.226. The summed E-state index contributed by atoms with van der Waals surface area (Å²) < 4.78 is 26.3. The van der Waals surface area contributed by atoms with Gasteiger partial charge in [0.1, 0.15) is 19.2 Å². The van der Waals surface area contributed by atoms with E-state index in [1.165, 1.54) is 7.11 Å². The number of carbonyl (C=O) groups is 1. The third-order valence-corrected chi connectivity index (χ3v) is 9.90. The Balaban J connectivity index is 1.46. The molecule has 0 aliphatic rings. The lowest BCUT2D eigenvalue weighted by Crippen LogP contribution is -2.22. The number of nitrogens with zero attached hydrogens (tertiary/aromatic N) is 5. The minimum atomic E-state index is -1.22. The van der Waals surface area contributed by atoms with E-state index in [0.29, 0.717) is 35.9 Å². The number of aromatic nitrogens is 5. The van der Waals surface area contributed by atoms with E-state index in [-0.39, 0.29) is 12.4 Å². The molecule has 4 rings (SSSR count). The number of carbonyl (C=O) groups excluding carboxylic acids is 1. The Hall–Kier alpha value is -3.33. The Morgan fingerprint density at radius 2 is 1.56 bits per heavy atom. The number of benzene rings is 1. The molecule has 12 heteroatoms. The molecule has 0 bridgehead atoms. The average molecular weight is 596 g/mol. The Morgan fingerprint density at radius 1 is 0.878 bits per heavy atom. The molecule has 0 radical (unpaired) electrons. The van der Waals surface area contributed by atoms with Crippen molar-refractivity contribution in [3.63, 3.8) is 0 Å². The highest BCUT2D eigenvalue weighted by Crippen LogP contribution is 2.28. The maximum absolute atomic E-state index is 12.4. The Bertz CT molecular complexity index is 1460. The van der Waals surface area contributed by atoms with Crippen LogP contribution in [0.25, 0.3) is 22.2 Å². The van der Waals surface area contributed by atoms with Crippen molar-refractivity contribution in [2.75, 3.05) is 20.3 Å². The van der Waals surface area contributed by atoms with E-state index in [4.69, 9.17) is 18.9 Å². The fourth-order valence-corrected chi connectivity index (χ4v) is 5.53. The maximum atomic E-state index is 12.4. The maximum Gasteiger partial charge on any atom is 0.359 e. The van der Waals surface area contributed by atoms with Crippen LogP contribution in [0.5, 0.6) is 11.6 Å². The number of esters is 1. The first-order chi connectivity index (χ1) is 19.4. The summed E-state index contributed by atoms with van der Waals surface area (Å²) in [7, 11) is -1.02. The highest BCUT2D eigenvalue weighted by molar-refractivity contribution is 6.76. The van der Waals surface area contributed by atoms with Gasteiger partial charge < -0.3 is 18.9 Å². The molecule has 0 aliphatic carbocycles. The number of hydrogen-bond donors (Lipinski definition) is 0. The second-order valence-corrected chi connectivity index (χ2v) is 23.7. The van der Waals surface area contributed by atoms with Crippen molar-refractivity contribution in [1.29, 1.82) is 0 Å². The molecule has 1 aromatic carbocycles. The summed E-state index contributed by atoms with van der Waals surface area (Å²) in [5, 5.41) is 9.55. The number of hydrogen-bond acceptors (Lipinski definition) is 8. The van der Waals surface area contributed by atoms with Gasteiger partial charge in [-0.1, -0.05) is 39.3 Å². The Morgan fingerprint density at radius 3 is 2.17 bits per heavy atom. The van der Waals surface area contributed by atoms with E-state index in [2.05, 4.69) is 54.5 Å². The summed E-state index contributed by atoms with van der Waals surface area (Å²) in [5.41, 5.74) is 2.79. The summed E-state index contributed by atoms with van der Waals surface area (Å²) in [5.74, 6) is 0.511. The lowest BCUT2D eigenvalue weighted by Gasteiger charge is -2.16. The largest absolute Gasteiger partial charge is 0.464 e. The minimum Gasteiger partial charge on any atom is -0.464 e.